The van der Waals surface area contributed by atoms with Crippen LogP contribution in [0.3, 0.4) is 0 Å². The Morgan fingerprint density at radius 3 is 3.08 bits per heavy atom. The Bertz CT molecular complexity index is 228. The van der Waals surface area contributed by atoms with Crippen LogP contribution in [-0.2, 0) is 4.74 Å². The van der Waals surface area contributed by atoms with Gasteiger partial charge >= 0.3 is 0 Å². The van der Waals surface area contributed by atoms with Crippen LogP contribution in [0.25, 0.3) is 0 Å². The van der Waals surface area contributed by atoms with Crippen LogP contribution in [0, 0.1) is 0 Å². The van der Waals surface area contributed by atoms with E-state index in [1.165, 1.54) is 0 Å². The molecule has 1 aliphatic rings. The first kappa shape index (κ1) is 7.61. The lowest BCUT2D eigenvalue weighted by Gasteiger charge is -2.34. The van der Waals surface area contributed by atoms with E-state index in [2.05, 4.69) is 15.3 Å². The van der Waals surface area contributed by atoms with E-state index in [9.17, 15) is 0 Å². The smallest absolute Gasteiger partial charge is 0.123 e. The summed E-state index contributed by atoms with van der Waals surface area (Å²) in [6.45, 7) is 0. The molecule has 1 heterocycles. The minimum absolute atomic E-state index is 0.449. The van der Waals surface area contributed by atoms with Crippen LogP contribution in [-0.4, -0.2) is 29.2 Å². The quantitative estimate of drug-likeness (QED) is 0.706. The van der Waals surface area contributed by atoms with Crippen LogP contribution in [0.4, 0.5) is 5.82 Å². The normalized spacial score (nSPS) is 28.1. The molecule has 0 amide bonds. The molecule has 2 N–H and O–H groups in total. The third-order valence-corrected chi connectivity index (χ3v) is 2.29. The fourth-order valence-corrected chi connectivity index (χ4v) is 1.43. The number of H-pyrrole nitrogens is 1. The molecule has 1 aromatic rings. The van der Waals surface area contributed by atoms with Crippen molar-refractivity contribution in [3.63, 3.8) is 0 Å². The highest BCUT2D eigenvalue weighted by atomic mass is 16.5. The molecule has 4 heteroatoms. The van der Waals surface area contributed by atoms with Crippen molar-refractivity contribution in [2.75, 3.05) is 12.4 Å². The fourth-order valence-electron chi connectivity index (χ4n) is 1.43. The Kier molecular flexibility index (Phi) is 1.99. The Hall–Kier alpha value is -1.03. The molecule has 0 atom stereocenters. The zero-order valence-corrected chi connectivity index (χ0v) is 7.08. The van der Waals surface area contributed by atoms with E-state index >= 15 is 0 Å². The third-order valence-electron chi connectivity index (χ3n) is 2.29. The van der Waals surface area contributed by atoms with E-state index in [1.54, 1.807) is 19.6 Å². The van der Waals surface area contributed by atoms with Crippen molar-refractivity contribution in [3.05, 3.63) is 12.5 Å². The highest BCUT2D eigenvalue weighted by Gasteiger charge is 2.28. The molecule has 0 spiro atoms. The maximum Gasteiger partial charge on any atom is 0.123 e. The summed E-state index contributed by atoms with van der Waals surface area (Å²) >= 11 is 0. The molecule has 0 radical (unpaired) electrons. The van der Waals surface area contributed by atoms with Crippen LogP contribution in [0.1, 0.15) is 12.8 Å². The molecule has 1 aliphatic carbocycles. The SMILES string of the molecule is COC1CC(Nc2cnc[nH]2)C1. The van der Waals surface area contributed by atoms with Gasteiger partial charge in [0.1, 0.15) is 5.82 Å². The van der Waals surface area contributed by atoms with Gasteiger partial charge in [0.25, 0.3) is 0 Å². The van der Waals surface area contributed by atoms with Crippen molar-refractivity contribution in [2.24, 2.45) is 0 Å². The van der Waals surface area contributed by atoms with Gasteiger partial charge in [0.05, 0.1) is 18.6 Å². The predicted octanol–water partition coefficient (Wildman–Crippen LogP) is 0.999. The lowest BCUT2D eigenvalue weighted by molar-refractivity contribution is 0.0328. The molecular weight excluding hydrogens is 154 g/mol. The van der Waals surface area contributed by atoms with E-state index < -0.39 is 0 Å². The van der Waals surface area contributed by atoms with E-state index in [-0.39, 0.29) is 0 Å². The number of nitrogens with one attached hydrogen (secondary N) is 2. The molecule has 1 fully saturated rings. The van der Waals surface area contributed by atoms with Crippen LogP contribution < -0.4 is 5.32 Å². The summed E-state index contributed by atoms with van der Waals surface area (Å²) in [7, 11) is 1.76. The number of rotatable bonds is 3. The van der Waals surface area contributed by atoms with Gasteiger partial charge in [-0.25, -0.2) is 4.98 Å². The van der Waals surface area contributed by atoms with Gasteiger partial charge in [-0.15, -0.1) is 0 Å². The number of methoxy groups -OCH3 is 1. The first-order chi connectivity index (χ1) is 5.88. The summed E-state index contributed by atoms with van der Waals surface area (Å²) in [5, 5.41) is 3.32. The van der Waals surface area contributed by atoms with E-state index in [4.69, 9.17) is 4.74 Å². The number of anilines is 1. The molecule has 66 valence electrons. The summed E-state index contributed by atoms with van der Waals surface area (Å²) in [6, 6.07) is 0.551. The van der Waals surface area contributed by atoms with Gasteiger partial charge < -0.3 is 15.0 Å². The number of aromatic amines is 1. The molecule has 0 bridgehead atoms. The van der Waals surface area contributed by atoms with E-state index in [1.807, 2.05) is 0 Å². The predicted molar refractivity (Wildman–Crippen MR) is 46.0 cm³/mol. The van der Waals surface area contributed by atoms with Crippen molar-refractivity contribution in [2.45, 2.75) is 25.0 Å². The van der Waals surface area contributed by atoms with Crippen LogP contribution in [0.5, 0.6) is 0 Å². The Morgan fingerprint density at radius 1 is 1.67 bits per heavy atom. The summed E-state index contributed by atoms with van der Waals surface area (Å²) in [6.07, 6.45) is 6.10. The van der Waals surface area contributed by atoms with Gasteiger partial charge in [0.2, 0.25) is 0 Å². The molecular formula is C8H13N3O. The minimum Gasteiger partial charge on any atom is -0.381 e. The summed E-state index contributed by atoms with van der Waals surface area (Å²) in [5.41, 5.74) is 0. The molecule has 1 aromatic heterocycles. The average molecular weight is 167 g/mol. The maximum absolute atomic E-state index is 5.17. The minimum atomic E-state index is 0.449. The zero-order valence-electron chi connectivity index (χ0n) is 7.08. The Morgan fingerprint density at radius 2 is 2.50 bits per heavy atom. The Labute approximate surface area is 71.3 Å². The lowest BCUT2D eigenvalue weighted by Crippen LogP contribution is -2.40. The Balaban J connectivity index is 1.77. The number of nitrogens with zero attached hydrogens (tertiary/aromatic N) is 1. The van der Waals surface area contributed by atoms with Gasteiger partial charge in [-0.05, 0) is 12.8 Å². The number of imidazole rings is 1. The summed E-state index contributed by atoms with van der Waals surface area (Å²) in [5.74, 6) is 0.995. The monoisotopic (exact) mass is 167 g/mol. The molecule has 12 heavy (non-hydrogen) atoms. The molecule has 1 saturated carbocycles. The van der Waals surface area contributed by atoms with Crippen LogP contribution in [0.15, 0.2) is 12.5 Å². The molecule has 2 rings (SSSR count). The van der Waals surface area contributed by atoms with Crippen molar-refractivity contribution >= 4 is 5.82 Å². The molecule has 0 aliphatic heterocycles. The van der Waals surface area contributed by atoms with Gasteiger partial charge in [-0.2, -0.15) is 0 Å². The second kappa shape index (κ2) is 3.15. The average Bonchev–Trinajstić information content (AvgIpc) is 2.47. The first-order valence-electron chi connectivity index (χ1n) is 4.16. The second-order valence-electron chi connectivity index (χ2n) is 3.14. The van der Waals surface area contributed by atoms with Crippen LogP contribution >= 0.6 is 0 Å². The number of ether oxygens (including phenoxy) is 1. The van der Waals surface area contributed by atoms with Crippen LogP contribution in [0.2, 0.25) is 0 Å². The largest absolute Gasteiger partial charge is 0.381 e. The van der Waals surface area contributed by atoms with Gasteiger partial charge in [0.15, 0.2) is 0 Å². The first-order valence-corrected chi connectivity index (χ1v) is 4.16. The molecule has 0 aromatic carbocycles. The molecule has 0 saturated heterocycles. The maximum atomic E-state index is 5.17. The molecule has 4 nitrogen and oxygen atoms in total. The lowest BCUT2D eigenvalue weighted by atomic mass is 9.89. The summed E-state index contributed by atoms with van der Waals surface area (Å²) < 4.78 is 5.17. The van der Waals surface area contributed by atoms with E-state index in [0.29, 0.717) is 12.1 Å². The van der Waals surface area contributed by atoms with Crippen molar-refractivity contribution < 1.29 is 4.74 Å². The number of hydrogen-bond donors (Lipinski definition) is 2. The van der Waals surface area contributed by atoms with Gasteiger partial charge in [-0.3, -0.25) is 0 Å². The van der Waals surface area contributed by atoms with Crippen molar-refractivity contribution in [1.29, 1.82) is 0 Å². The number of aromatic nitrogens is 2. The highest BCUT2D eigenvalue weighted by Crippen LogP contribution is 2.25. The molecule has 0 unspecified atom stereocenters. The van der Waals surface area contributed by atoms with Crippen molar-refractivity contribution in [3.8, 4) is 0 Å². The third kappa shape index (κ3) is 1.43. The second-order valence-corrected chi connectivity index (χ2v) is 3.14. The van der Waals surface area contributed by atoms with Gasteiger partial charge in [-0.1, -0.05) is 0 Å². The fraction of sp³-hybridized carbons (Fsp3) is 0.625. The number of hydrogen-bond acceptors (Lipinski definition) is 3. The van der Waals surface area contributed by atoms with Gasteiger partial charge in [0, 0.05) is 13.2 Å². The topological polar surface area (TPSA) is 49.9 Å². The van der Waals surface area contributed by atoms with Crippen molar-refractivity contribution in [1.82, 2.24) is 9.97 Å². The standard InChI is InChI=1S/C8H13N3O/c1-12-7-2-6(3-7)11-8-4-9-5-10-8/h4-7,11H,2-3H2,1H3,(H,9,10). The van der Waals surface area contributed by atoms with E-state index in [0.717, 1.165) is 18.7 Å². The highest BCUT2D eigenvalue weighted by molar-refractivity contribution is 5.32. The summed E-state index contributed by atoms with van der Waals surface area (Å²) in [4.78, 5) is 6.93. The zero-order chi connectivity index (χ0) is 8.39.